The van der Waals surface area contributed by atoms with Gasteiger partial charge >= 0.3 is 0 Å². The number of nitrogens with two attached hydrogens (primary N) is 1. The Kier molecular flexibility index (Phi) is 3.16. The molecule has 4 nitrogen and oxygen atoms in total. The molecule has 0 saturated heterocycles. The van der Waals surface area contributed by atoms with Gasteiger partial charge in [-0.3, -0.25) is 0 Å². The van der Waals surface area contributed by atoms with Crippen LogP contribution < -0.4 is 10.6 Å². The molecule has 5 heteroatoms. The molecule has 3 aromatic heterocycles. The van der Waals surface area contributed by atoms with Crippen LogP contribution in [-0.2, 0) is 13.1 Å². The fraction of sp³-hybridized carbons (Fsp3) is 0.312. The van der Waals surface area contributed by atoms with E-state index in [9.17, 15) is 0 Å². The van der Waals surface area contributed by atoms with Crippen LogP contribution in [0.15, 0.2) is 41.9 Å². The van der Waals surface area contributed by atoms with Crippen LogP contribution in [0.1, 0.15) is 23.4 Å². The highest BCUT2D eigenvalue weighted by Crippen LogP contribution is 2.35. The predicted molar refractivity (Wildman–Crippen MR) is 86.6 cm³/mol. The quantitative estimate of drug-likeness (QED) is 0.787. The van der Waals surface area contributed by atoms with Gasteiger partial charge in [0.05, 0.1) is 12.2 Å². The maximum absolute atomic E-state index is 6.01. The Morgan fingerprint density at radius 1 is 1.29 bits per heavy atom. The van der Waals surface area contributed by atoms with Crippen molar-refractivity contribution in [1.29, 1.82) is 0 Å². The number of nitrogens with zero attached hydrogens (tertiary/aromatic N) is 3. The number of aromatic nitrogens is 2. The first-order valence-corrected chi connectivity index (χ1v) is 8.20. The number of fused-ring (bicyclic) bond motifs is 1. The second-order valence-corrected chi connectivity index (χ2v) is 6.49. The summed E-state index contributed by atoms with van der Waals surface area (Å²) >= 11 is 1.80. The summed E-state index contributed by atoms with van der Waals surface area (Å²) < 4.78 is 2.11. The van der Waals surface area contributed by atoms with E-state index >= 15 is 0 Å². The monoisotopic (exact) mass is 298 g/mol. The van der Waals surface area contributed by atoms with Crippen molar-refractivity contribution in [2.45, 2.75) is 32.0 Å². The summed E-state index contributed by atoms with van der Waals surface area (Å²) in [5.74, 6) is 1.06. The first-order chi connectivity index (χ1) is 10.4. The van der Waals surface area contributed by atoms with Gasteiger partial charge < -0.3 is 15.0 Å². The van der Waals surface area contributed by atoms with Crippen LogP contribution in [0.3, 0.4) is 0 Å². The lowest BCUT2D eigenvalue weighted by Crippen LogP contribution is -2.26. The minimum Gasteiger partial charge on any atom is -0.347 e. The summed E-state index contributed by atoms with van der Waals surface area (Å²) in [7, 11) is 0. The topological polar surface area (TPSA) is 46.6 Å². The van der Waals surface area contributed by atoms with Gasteiger partial charge in [-0.2, -0.15) is 0 Å². The van der Waals surface area contributed by atoms with Crippen molar-refractivity contribution in [3.63, 3.8) is 0 Å². The maximum Gasteiger partial charge on any atom is 0.153 e. The minimum atomic E-state index is 0.508. The van der Waals surface area contributed by atoms with Gasteiger partial charge in [0.1, 0.15) is 5.65 Å². The lowest BCUT2D eigenvalue weighted by Gasteiger charge is -2.22. The fourth-order valence-electron chi connectivity index (χ4n) is 2.79. The third kappa shape index (κ3) is 2.32. The van der Waals surface area contributed by atoms with Crippen LogP contribution in [0, 0.1) is 0 Å². The van der Waals surface area contributed by atoms with E-state index in [1.54, 1.807) is 11.3 Å². The molecule has 1 aliphatic carbocycles. The molecule has 0 amide bonds. The van der Waals surface area contributed by atoms with Crippen molar-refractivity contribution in [3.05, 3.63) is 52.5 Å². The SMILES string of the molecule is NCc1c(N(Cc2cccs2)C2CC2)nc2ccccn12. The molecule has 0 unspecified atom stereocenters. The molecule has 21 heavy (non-hydrogen) atoms. The maximum atomic E-state index is 6.01. The molecule has 108 valence electrons. The van der Waals surface area contributed by atoms with Gasteiger partial charge in [-0.25, -0.2) is 4.98 Å². The van der Waals surface area contributed by atoms with E-state index in [-0.39, 0.29) is 0 Å². The van der Waals surface area contributed by atoms with Gasteiger partial charge in [-0.05, 0) is 36.4 Å². The zero-order valence-corrected chi connectivity index (χ0v) is 12.6. The first-order valence-electron chi connectivity index (χ1n) is 7.32. The van der Waals surface area contributed by atoms with E-state index in [4.69, 9.17) is 10.7 Å². The number of hydrogen-bond acceptors (Lipinski definition) is 4. The van der Waals surface area contributed by atoms with Crippen LogP contribution >= 0.6 is 11.3 Å². The zero-order valence-electron chi connectivity index (χ0n) is 11.8. The van der Waals surface area contributed by atoms with E-state index in [1.165, 1.54) is 17.7 Å². The molecule has 3 aromatic rings. The van der Waals surface area contributed by atoms with Gasteiger partial charge in [0.15, 0.2) is 5.82 Å². The van der Waals surface area contributed by atoms with Crippen molar-refractivity contribution in [2.24, 2.45) is 5.73 Å². The number of imidazole rings is 1. The van der Waals surface area contributed by atoms with E-state index in [2.05, 4.69) is 26.8 Å². The second-order valence-electron chi connectivity index (χ2n) is 5.45. The van der Waals surface area contributed by atoms with Crippen LogP contribution in [-0.4, -0.2) is 15.4 Å². The number of anilines is 1. The Bertz CT molecular complexity index is 743. The highest BCUT2D eigenvalue weighted by atomic mass is 32.1. The van der Waals surface area contributed by atoms with Gasteiger partial charge in [-0.1, -0.05) is 12.1 Å². The van der Waals surface area contributed by atoms with Crippen LogP contribution in [0.4, 0.5) is 5.82 Å². The summed E-state index contributed by atoms with van der Waals surface area (Å²) in [6.07, 6.45) is 4.55. The molecule has 0 atom stereocenters. The van der Waals surface area contributed by atoms with Gasteiger partial charge in [0.2, 0.25) is 0 Å². The average molecular weight is 298 g/mol. The molecule has 0 aromatic carbocycles. The van der Waals surface area contributed by atoms with Crippen molar-refractivity contribution in [1.82, 2.24) is 9.38 Å². The average Bonchev–Trinajstić information content (AvgIpc) is 3.10. The lowest BCUT2D eigenvalue weighted by molar-refractivity contribution is 0.778. The summed E-state index contributed by atoms with van der Waals surface area (Å²) in [5.41, 5.74) is 8.09. The van der Waals surface area contributed by atoms with E-state index in [1.807, 2.05) is 24.4 Å². The second kappa shape index (κ2) is 5.16. The molecule has 3 heterocycles. The molecule has 1 saturated carbocycles. The molecule has 4 rings (SSSR count). The predicted octanol–water partition coefficient (Wildman–Crippen LogP) is 3.02. The smallest absolute Gasteiger partial charge is 0.153 e. The first kappa shape index (κ1) is 12.9. The highest BCUT2D eigenvalue weighted by Gasteiger charge is 2.32. The molecule has 0 bridgehead atoms. The summed E-state index contributed by atoms with van der Waals surface area (Å²) in [6.45, 7) is 1.44. The molecule has 1 fully saturated rings. The molecule has 0 radical (unpaired) electrons. The number of rotatable bonds is 5. The number of pyridine rings is 1. The van der Waals surface area contributed by atoms with E-state index in [0.717, 1.165) is 23.7 Å². The summed E-state index contributed by atoms with van der Waals surface area (Å²) in [4.78, 5) is 8.65. The van der Waals surface area contributed by atoms with Crippen LogP contribution in [0.25, 0.3) is 5.65 Å². The normalized spacial score (nSPS) is 14.7. The third-order valence-corrected chi connectivity index (χ3v) is 4.83. The van der Waals surface area contributed by atoms with Crippen molar-refractivity contribution in [3.8, 4) is 0 Å². The Labute approximate surface area is 127 Å². The molecule has 0 aliphatic heterocycles. The highest BCUT2D eigenvalue weighted by molar-refractivity contribution is 7.09. The van der Waals surface area contributed by atoms with E-state index < -0.39 is 0 Å². The molecular weight excluding hydrogens is 280 g/mol. The largest absolute Gasteiger partial charge is 0.347 e. The third-order valence-electron chi connectivity index (χ3n) is 3.97. The standard InChI is InChI=1S/C16H18N4S/c17-10-14-16(18-15-5-1-2-8-19(14)15)20(12-6-7-12)11-13-4-3-9-21-13/h1-5,8-9,12H,6-7,10-11,17H2. The van der Waals surface area contributed by atoms with Crippen molar-refractivity contribution >= 4 is 22.8 Å². The summed E-state index contributed by atoms with van der Waals surface area (Å²) in [6, 6.07) is 11.0. The molecule has 2 N–H and O–H groups in total. The molecular formula is C16H18N4S. The Morgan fingerprint density at radius 2 is 2.19 bits per heavy atom. The van der Waals surface area contributed by atoms with Gasteiger partial charge in [-0.15, -0.1) is 11.3 Å². The minimum absolute atomic E-state index is 0.508. The van der Waals surface area contributed by atoms with Crippen molar-refractivity contribution in [2.75, 3.05) is 4.90 Å². The Morgan fingerprint density at radius 3 is 2.90 bits per heavy atom. The van der Waals surface area contributed by atoms with Gasteiger partial charge in [0, 0.05) is 23.7 Å². The Balaban J connectivity index is 1.78. The lowest BCUT2D eigenvalue weighted by atomic mass is 10.3. The van der Waals surface area contributed by atoms with Crippen LogP contribution in [0.5, 0.6) is 0 Å². The van der Waals surface area contributed by atoms with E-state index in [0.29, 0.717) is 12.6 Å². The summed E-state index contributed by atoms with van der Waals surface area (Å²) in [5, 5.41) is 2.13. The fourth-order valence-corrected chi connectivity index (χ4v) is 3.49. The Hall–Kier alpha value is -1.85. The number of hydrogen-bond donors (Lipinski definition) is 1. The molecule has 1 aliphatic rings. The van der Waals surface area contributed by atoms with Crippen molar-refractivity contribution < 1.29 is 0 Å². The molecule has 0 spiro atoms. The van der Waals surface area contributed by atoms with Crippen LogP contribution in [0.2, 0.25) is 0 Å². The van der Waals surface area contributed by atoms with Gasteiger partial charge in [0.25, 0.3) is 0 Å². The number of thiophene rings is 1. The zero-order chi connectivity index (χ0) is 14.2.